The fourth-order valence-electron chi connectivity index (χ4n) is 7.72. The second-order valence-corrected chi connectivity index (χ2v) is 9.85. The number of rotatable bonds is 1. The van der Waals surface area contributed by atoms with Crippen molar-refractivity contribution in [3.05, 3.63) is 0 Å². The first-order chi connectivity index (χ1) is 11.3. The monoisotopic (exact) mass is 332 g/mol. The fraction of sp³-hybridized carbons (Fsp3) is 0.905. The molecule has 0 radical (unpaired) electrons. The quantitative estimate of drug-likeness (QED) is 0.795. The van der Waals surface area contributed by atoms with Crippen molar-refractivity contribution >= 4 is 11.6 Å². The number of Topliss-reactive ketones (excluding diaryl/α,β-unsaturated/α-hetero) is 2. The molecule has 4 aliphatic carbocycles. The summed E-state index contributed by atoms with van der Waals surface area (Å²) in [5.41, 5.74) is -0.0175. The Kier molecular flexibility index (Phi) is 3.77. The Morgan fingerprint density at radius 3 is 2.54 bits per heavy atom. The molecule has 4 fully saturated rings. The zero-order valence-corrected chi connectivity index (χ0v) is 15.4. The molecule has 4 aliphatic rings. The lowest BCUT2D eigenvalue weighted by Crippen LogP contribution is -2.58. The third kappa shape index (κ3) is 2.12. The van der Waals surface area contributed by atoms with Gasteiger partial charge >= 0.3 is 0 Å². The van der Waals surface area contributed by atoms with Crippen LogP contribution in [0.25, 0.3) is 0 Å². The molecule has 1 N–H and O–H groups in total. The molecular weight excluding hydrogens is 300 g/mol. The zero-order valence-electron chi connectivity index (χ0n) is 15.4. The van der Waals surface area contributed by atoms with Crippen molar-refractivity contribution in [3.8, 4) is 0 Å². The van der Waals surface area contributed by atoms with E-state index in [9.17, 15) is 14.7 Å². The van der Waals surface area contributed by atoms with Gasteiger partial charge in [-0.15, -0.1) is 0 Å². The number of ketones is 2. The summed E-state index contributed by atoms with van der Waals surface area (Å²) in [7, 11) is 0. The molecule has 0 amide bonds. The maximum atomic E-state index is 13.3. The Bertz CT molecular complexity index is 569. The Hall–Kier alpha value is -0.700. The third-order valence-corrected chi connectivity index (χ3v) is 8.81. The van der Waals surface area contributed by atoms with Crippen LogP contribution in [-0.2, 0) is 9.59 Å². The zero-order chi connectivity index (χ0) is 17.3. The summed E-state index contributed by atoms with van der Waals surface area (Å²) in [6, 6.07) is 0. The molecule has 134 valence electrons. The normalized spacial score (nSPS) is 53.9. The molecule has 3 nitrogen and oxygen atoms in total. The highest BCUT2D eigenvalue weighted by Crippen LogP contribution is 2.66. The number of fused-ring (bicyclic) bond motifs is 5. The van der Waals surface area contributed by atoms with Crippen molar-refractivity contribution in [2.45, 2.75) is 78.2 Å². The van der Waals surface area contributed by atoms with Crippen LogP contribution in [0.2, 0.25) is 0 Å². The molecule has 24 heavy (non-hydrogen) atoms. The molecule has 2 unspecified atom stereocenters. The Morgan fingerprint density at radius 1 is 1.08 bits per heavy atom. The fourth-order valence-corrected chi connectivity index (χ4v) is 7.72. The lowest BCUT2D eigenvalue weighted by atomic mass is 9.44. The van der Waals surface area contributed by atoms with E-state index in [0.29, 0.717) is 30.0 Å². The van der Waals surface area contributed by atoms with Crippen LogP contribution in [-0.4, -0.2) is 22.8 Å². The average Bonchev–Trinajstić information content (AvgIpc) is 2.84. The van der Waals surface area contributed by atoms with Gasteiger partial charge in [-0.25, -0.2) is 0 Å². The first-order valence-corrected chi connectivity index (χ1v) is 9.98. The molecule has 0 saturated heterocycles. The van der Waals surface area contributed by atoms with E-state index in [1.807, 2.05) is 0 Å². The standard InChI is InChI=1S/C21H32O3/c1-12(22)16-6-7-17-15-5-4-13-10-14(23)8-9-20(13,2)19(15)18(24)11-21(16,17)3/h13-17,19,23H,4-11H2,1-3H3/t13-,14+,15-,16+,17?,19?,20-,21+/m0/s1. The SMILES string of the molecule is CC(=O)[C@H]1CCC2[C@@H]3CC[C@H]4C[C@H](O)CC[C@]4(C)C3C(=O)C[C@@]21C. The predicted molar refractivity (Wildman–Crippen MR) is 92.3 cm³/mol. The van der Waals surface area contributed by atoms with E-state index in [1.165, 1.54) is 0 Å². The molecule has 0 aromatic heterocycles. The molecule has 0 bridgehead atoms. The molecule has 0 aromatic rings. The minimum absolute atomic E-state index is 0.0782. The van der Waals surface area contributed by atoms with Crippen molar-refractivity contribution in [1.29, 1.82) is 0 Å². The topological polar surface area (TPSA) is 54.4 Å². The highest BCUT2D eigenvalue weighted by molar-refractivity contribution is 5.87. The lowest BCUT2D eigenvalue weighted by molar-refractivity contribution is -0.162. The van der Waals surface area contributed by atoms with Gasteiger partial charge in [-0.2, -0.15) is 0 Å². The first-order valence-electron chi connectivity index (χ1n) is 9.98. The second-order valence-electron chi connectivity index (χ2n) is 9.85. The molecule has 4 saturated carbocycles. The van der Waals surface area contributed by atoms with Crippen molar-refractivity contribution in [3.63, 3.8) is 0 Å². The second kappa shape index (κ2) is 5.40. The van der Waals surface area contributed by atoms with E-state index >= 15 is 0 Å². The van der Waals surface area contributed by atoms with Crippen LogP contribution in [0.3, 0.4) is 0 Å². The molecule has 0 aromatic carbocycles. The molecule has 8 atom stereocenters. The summed E-state index contributed by atoms with van der Waals surface area (Å²) in [6.07, 6.45) is 7.53. The van der Waals surface area contributed by atoms with Gasteiger partial charge in [-0.05, 0) is 80.5 Å². The molecule has 4 rings (SSSR count). The molecule has 0 aliphatic heterocycles. The third-order valence-electron chi connectivity index (χ3n) is 8.81. The largest absolute Gasteiger partial charge is 0.393 e. The maximum Gasteiger partial charge on any atom is 0.137 e. The Balaban J connectivity index is 1.68. The van der Waals surface area contributed by atoms with E-state index in [0.717, 1.165) is 44.9 Å². The number of hydrogen-bond donors (Lipinski definition) is 1. The number of carbonyl (C=O) groups is 2. The summed E-state index contributed by atoms with van der Waals surface area (Å²) in [5, 5.41) is 10.1. The van der Waals surface area contributed by atoms with Crippen LogP contribution in [0.15, 0.2) is 0 Å². The van der Waals surface area contributed by atoms with Crippen LogP contribution < -0.4 is 0 Å². The van der Waals surface area contributed by atoms with Gasteiger partial charge in [0.15, 0.2) is 0 Å². The smallest absolute Gasteiger partial charge is 0.137 e. The van der Waals surface area contributed by atoms with Gasteiger partial charge in [-0.1, -0.05) is 13.8 Å². The highest BCUT2D eigenvalue weighted by atomic mass is 16.3. The summed E-state index contributed by atoms with van der Waals surface area (Å²) >= 11 is 0. The predicted octanol–water partition coefficient (Wildman–Crippen LogP) is 3.77. The van der Waals surface area contributed by atoms with Crippen molar-refractivity contribution in [2.75, 3.05) is 0 Å². The van der Waals surface area contributed by atoms with Crippen LogP contribution >= 0.6 is 0 Å². The highest BCUT2D eigenvalue weighted by Gasteiger charge is 2.63. The maximum absolute atomic E-state index is 13.3. The van der Waals surface area contributed by atoms with Gasteiger partial charge in [-0.3, -0.25) is 9.59 Å². The van der Waals surface area contributed by atoms with Crippen molar-refractivity contribution in [2.24, 2.45) is 40.4 Å². The Labute approximate surface area is 145 Å². The van der Waals surface area contributed by atoms with E-state index in [-0.39, 0.29) is 34.6 Å². The van der Waals surface area contributed by atoms with E-state index in [4.69, 9.17) is 0 Å². The average molecular weight is 332 g/mol. The van der Waals surface area contributed by atoms with Gasteiger partial charge in [0.05, 0.1) is 6.10 Å². The summed E-state index contributed by atoms with van der Waals surface area (Å²) in [6.45, 7) is 6.28. The van der Waals surface area contributed by atoms with Gasteiger partial charge in [0.2, 0.25) is 0 Å². The molecular formula is C21H32O3. The Morgan fingerprint density at radius 2 is 1.83 bits per heavy atom. The van der Waals surface area contributed by atoms with Crippen LogP contribution in [0, 0.1) is 40.4 Å². The first kappa shape index (κ1) is 16.8. The van der Waals surface area contributed by atoms with Gasteiger partial charge in [0.1, 0.15) is 11.6 Å². The van der Waals surface area contributed by atoms with Gasteiger partial charge < -0.3 is 5.11 Å². The summed E-state index contributed by atoms with van der Waals surface area (Å²) in [4.78, 5) is 25.5. The molecule has 3 heteroatoms. The number of carbonyl (C=O) groups excluding carboxylic acids is 2. The van der Waals surface area contributed by atoms with Gasteiger partial charge in [0, 0.05) is 18.3 Å². The van der Waals surface area contributed by atoms with Crippen molar-refractivity contribution < 1.29 is 14.7 Å². The molecule has 0 heterocycles. The van der Waals surface area contributed by atoms with E-state index in [1.54, 1.807) is 6.92 Å². The van der Waals surface area contributed by atoms with Crippen LogP contribution in [0.5, 0.6) is 0 Å². The number of hydrogen-bond acceptors (Lipinski definition) is 3. The summed E-state index contributed by atoms with van der Waals surface area (Å²) in [5.74, 6) is 2.48. The lowest BCUT2D eigenvalue weighted by Gasteiger charge is -2.59. The van der Waals surface area contributed by atoms with Crippen molar-refractivity contribution in [1.82, 2.24) is 0 Å². The van der Waals surface area contributed by atoms with Crippen LogP contribution in [0.4, 0.5) is 0 Å². The minimum atomic E-state index is -0.169. The van der Waals surface area contributed by atoms with E-state index < -0.39 is 0 Å². The van der Waals surface area contributed by atoms with E-state index in [2.05, 4.69) is 13.8 Å². The van der Waals surface area contributed by atoms with Gasteiger partial charge in [0.25, 0.3) is 0 Å². The van der Waals surface area contributed by atoms with Crippen LogP contribution in [0.1, 0.15) is 72.1 Å². The minimum Gasteiger partial charge on any atom is -0.393 e. The number of aliphatic hydroxyl groups is 1. The summed E-state index contributed by atoms with van der Waals surface area (Å²) < 4.78 is 0. The number of aliphatic hydroxyl groups excluding tert-OH is 1. The molecule has 0 spiro atoms.